The van der Waals surface area contributed by atoms with E-state index in [0.29, 0.717) is 30.0 Å². The first-order valence-corrected chi connectivity index (χ1v) is 11.1. The molecule has 4 aromatic rings. The number of nitrogens with zero attached hydrogens (tertiary/aromatic N) is 3. The Kier molecular flexibility index (Phi) is 6.36. The van der Waals surface area contributed by atoms with E-state index < -0.39 is 5.82 Å². The number of benzene rings is 2. The van der Waals surface area contributed by atoms with Crippen molar-refractivity contribution in [1.82, 2.24) is 19.7 Å². The van der Waals surface area contributed by atoms with Gasteiger partial charge in [-0.2, -0.15) is 0 Å². The molecule has 0 amide bonds. The minimum atomic E-state index is -0.440. The van der Waals surface area contributed by atoms with Gasteiger partial charge in [0.1, 0.15) is 18.2 Å². The average Bonchev–Trinajstić information content (AvgIpc) is 3.19. The Balaban J connectivity index is 1.50. The fraction of sp³-hybridized carbons (Fsp3) is 0.261. The summed E-state index contributed by atoms with van der Waals surface area (Å²) in [7, 11) is 0. The normalized spacial score (nSPS) is 11.2. The van der Waals surface area contributed by atoms with Gasteiger partial charge < -0.3 is 14.3 Å². The first-order chi connectivity index (χ1) is 15.1. The van der Waals surface area contributed by atoms with Gasteiger partial charge in [0, 0.05) is 29.4 Å². The van der Waals surface area contributed by atoms with E-state index in [2.05, 4.69) is 22.1 Å². The largest absolute Gasteiger partial charge is 0.485 e. The zero-order valence-electron chi connectivity index (χ0n) is 17.4. The molecule has 0 spiro atoms. The summed E-state index contributed by atoms with van der Waals surface area (Å²) in [6, 6.07) is 14.0. The summed E-state index contributed by atoms with van der Waals surface area (Å²) < 4.78 is 22.1. The smallest absolute Gasteiger partial charge is 0.191 e. The maximum atomic E-state index is 14.1. The first kappa shape index (κ1) is 21.1. The minimum absolute atomic E-state index is 0.204. The summed E-state index contributed by atoms with van der Waals surface area (Å²) in [4.78, 5) is 15.3. The highest BCUT2D eigenvalue weighted by Gasteiger charge is 2.14. The second-order valence-electron chi connectivity index (χ2n) is 7.00. The maximum Gasteiger partial charge on any atom is 0.191 e. The number of rotatable bonds is 8. The molecule has 0 fully saturated rings. The van der Waals surface area contributed by atoms with E-state index in [1.807, 2.05) is 35.8 Å². The molecule has 0 bridgehead atoms. The van der Waals surface area contributed by atoms with Crippen LogP contribution in [0.25, 0.3) is 10.9 Å². The molecule has 0 aliphatic carbocycles. The zero-order valence-corrected chi connectivity index (χ0v) is 18.2. The number of hydrogen-bond acceptors (Lipinski definition) is 5. The topological polar surface area (TPSA) is 72.8 Å². The highest BCUT2D eigenvalue weighted by atomic mass is 32.2. The van der Waals surface area contributed by atoms with Crippen molar-refractivity contribution < 1.29 is 9.13 Å². The van der Waals surface area contributed by atoms with Gasteiger partial charge in [-0.25, -0.2) is 4.39 Å². The number of fused-ring (bicyclic) bond motifs is 1. The molecular weight excluding hydrogens is 415 g/mol. The molecule has 31 heavy (non-hydrogen) atoms. The SMILES string of the molecule is CCc1ccccc1OCc1nnc(SCc2cc(=O)c3cccc(F)c3[nH]2)n1CC. The van der Waals surface area contributed by atoms with Crippen molar-refractivity contribution in [3.8, 4) is 5.75 Å². The van der Waals surface area contributed by atoms with E-state index in [4.69, 9.17) is 4.74 Å². The predicted octanol–water partition coefficient (Wildman–Crippen LogP) is 4.71. The second-order valence-corrected chi connectivity index (χ2v) is 7.95. The Morgan fingerprint density at radius 2 is 1.97 bits per heavy atom. The van der Waals surface area contributed by atoms with E-state index in [-0.39, 0.29) is 10.9 Å². The van der Waals surface area contributed by atoms with E-state index >= 15 is 0 Å². The summed E-state index contributed by atoms with van der Waals surface area (Å²) in [6.45, 7) is 5.11. The summed E-state index contributed by atoms with van der Waals surface area (Å²) in [5.74, 6) is 1.58. The molecule has 0 radical (unpaired) electrons. The van der Waals surface area contributed by atoms with Crippen LogP contribution in [0.3, 0.4) is 0 Å². The third-order valence-electron chi connectivity index (χ3n) is 5.05. The van der Waals surface area contributed by atoms with Crippen LogP contribution in [-0.2, 0) is 25.3 Å². The quantitative estimate of drug-likeness (QED) is 0.403. The first-order valence-electron chi connectivity index (χ1n) is 10.2. The van der Waals surface area contributed by atoms with Gasteiger partial charge >= 0.3 is 0 Å². The van der Waals surface area contributed by atoms with Crippen LogP contribution in [0.5, 0.6) is 5.75 Å². The standard InChI is InChI=1S/C23H23FN4O2S/c1-3-15-8-5-6-11-20(15)30-13-21-26-27-23(28(21)4-2)31-14-16-12-19(29)17-9-7-10-18(24)22(17)25-16/h5-12H,3-4,13-14H2,1-2H3,(H,25,29). The lowest BCUT2D eigenvalue weighted by molar-refractivity contribution is 0.285. The van der Waals surface area contributed by atoms with Gasteiger partial charge in [0.15, 0.2) is 16.4 Å². The van der Waals surface area contributed by atoms with Crippen molar-refractivity contribution in [3.05, 3.63) is 81.7 Å². The number of aryl methyl sites for hydroxylation is 1. The van der Waals surface area contributed by atoms with Crippen LogP contribution in [0, 0.1) is 5.82 Å². The fourth-order valence-electron chi connectivity index (χ4n) is 3.44. The number of nitrogens with one attached hydrogen (secondary N) is 1. The monoisotopic (exact) mass is 438 g/mol. The third kappa shape index (κ3) is 4.49. The van der Waals surface area contributed by atoms with Crippen LogP contribution < -0.4 is 10.2 Å². The predicted molar refractivity (Wildman–Crippen MR) is 120 cm³/mol. The summed E-state index contributed by atoms with van der Waals surface area (Å²) in [5, 5.41) is 9.64. The van der Waals surface area contributed by atoms with Crippen molar-refractivity contribution in [2.75, 3.05) is 0 Å². The van der Waals surface area contributed by atoms with Crippen LogP contribution in [0.15, 0.2) is 58.5 Å². The molecule has 0 aliphatic heterocycles. The fourth-order valence-corrected chi connectivity index (χ4v) is 4.37. The Bertz CT molecular complexity index is 1270. The van der Waals surface area contributed by atoms with Crippen molar-refractivity contribution in [3.63, 3.8) is 0 Å². The third-order valence-corrected chi connectivity index (χ3v) is 6.06. The van der Waals surface area contributed by atoms with Gasteiger partial charge in [-0.15, -0.1) is 10.2 Å². The summed E-state index contributed by atoms with van der Waals surface area (Å²) in [5.41, 5.74) is 1.80. The van der Waals surface area contributed by atoms with Crippen LogP contribution in [-0.4, -0.2) is 19.7 Å². The number of H-pyrrole nitrogens is 1. The molecule has 2 aromatic carbocycles. The zero-order chi connectivity index (χ0) is 21.8. The number of pyridine rings is 1. The average molecular weight is 439 g/mol. The maximum absolute atomic E-state index is 14.1. The van der Waals surface area contributed by atoms with Crippen LogP contribution in [0.1, 0.15) is 30.9 Å². The van der Waals surface area contributed by atoms with Gasteiger partial charge in [-0.05, 0) is 37.1 Å². The molecule has 160 valence electrons. The highest BCUT2D eigenvalue weighted by molar-refractivity contribution is 7.98. The molecule has 0 aliphatic rings. The molecule has 0 atom stereocenters. The number of aromatic amines is 1. The molecule has 8 heteroatoms. The van der Waals surface area contributed by atoms with Crippen LogP contribution in [0.4, 0.5) is 4.39 Å². The molecule has 2 aromatic heterocycles. The van der Waals surface area contributed by atoms with Gasteiger partial charge in [-0.1, -0.05) is 43.0 Å². The lowest BCUT2D eigenvalue weighted by Gasteiger charge is -2.11. The van der Waals surface area contributed by atoms with Gasteiger partial charge in [0.2, 0.25) is 0 Å². The van der Waals surface area contributed by atoms with Crippen molar-refractivity contribution in [2.45, 2.75) is 44.3 Å². The van der Waals surface area contributed by atoms with Gasteiger partial charge in [0.25, 0.3) is 0 Å². The van der Waals surface area contributed by atoms with Crippen LogP contribution in [0.2, 0.25) is 0 Å². The number of aromatic nitrogens is 4. The van der Waals surface area contributed by atoms with Crippen molar-refractivity contribution in [2.24, 2.45) is 0 Å². The molecule has 0 saturated carbocycles. The van der Waals surface area contributed by atoms with Crippen molar-refractivity contribution in [1.29, 1.82) is 0 Å². The molecule has 6 nitrogen and oxygen atoms in total. The Morgan fingerprint density at radius 3 is 2.77 bits per heavy atom. The number of thioether (sulfide) groups is 1. The molecular formula is C23H23FN4O2S. The second kappa shape index (κ2) is 9.34. The Morgan fingerprint density at radius 1 is 1.13 bits per heavy atom. The summed E-state index contributed by atoms with van der Waals surface area (Å²) >= 11 is 1.44. The van der Waals surface area contributed by atoms with E-state index in [9.17, 15) is 9.18 Å². The van der Waals surface area contributed by atoms with Gasteiger partial charge in [-0.3, -0.25) is 4.79 Å². The van der Waals surface area contributed by atoms with E-state index in [0.717, 1.165) is 28.7 Å². The molecule has 0 saturated heterocycles. The number of halogens is 1. The number of ether oxygens (including phenoxy) is 1. The number of hydrogen-bond donors (Lipinski definition) is 1. The highest BCUT2D eigenvalue weighted by Crippen LogP contribution is 2.24. The lowest BCUT2D eigenvalue weighted by Crippen LogP contribution is -2.08. The Labute approximate surface area is 183 Å². The molecule has 4 rings (SSSR count). The van der Waals surface area contributed by atoms with Crippen molar-refractivity contribution >= 4 is 22.7 Å². The summed E-state index contributed by atoms with van der Waals surface area (Å²) in [6.07, 6.45) is 0.891. The minimum Gasteiger partial charge on any atom is -0.485 e. The van der Waals surface area contributed by atoms with E-state index in [1.165, 1.54) is 30.0 Å². The van der Waals surface area contributed by atoms with E-state index in [1.54, 1.807) is 6.07 Å². The lowest BCUT2D eigenvalue weighted by atomic mass is 10.1. The molecule has 2 heterocycles. The molecule has 1 N–H and O–H groups in total. The Hall–Kier alpha value is -3.13. The molecule has 0 unspecified atom stereocenters. The van der Waals surface area contributed by atoms with Crippen LogP contribution >= 0.6 is 11.8 Å². The van der Waals surface area contributed by atoms with Gasteiger partial charge in [0.05, 0.1) is 5.52 Å². The number of para-hydroxylation sites is 2.